The summed E-state index contributed by atoms with van der Waals surface area (Å²) >= 11 is 0. The lowest BCUT2D eigenvalue weighted by Gasteiger charge is -2.20. The molecule has 3 aromatic rings. The SMILES string of the molecule is O=C(O)[C@H](Cc1ccc(OCCNC2[C@H]3CN(Cc4ccc(C(F)(F)F)cc4)C[C@@H]23)cc1)Oc1cc(F)ccc1F. The maximum atomic E-state index is 13.9. The lowest BCUT2D eigenvalue weighted by atomic mass is 10.1. The van der Waals surface area contributed by atoms with Crippen molar-refractivity contribution < 1.29 is 41.3 Å². The largest absolute Gasteiger partial charge is 0.492 e. The van der Waals surface area contributed by atoms with Crippen LogP contribution in [0.3, 0.4) is 0 Å². The van der Waals surface area contributed by atoms with Crippen LogP contribution < -0.4 is 14.8 Å². The van der Waals surface area contributed by atoms with E-state index in [0.717, 1.165) is 49.0 Å². The van der Waals surface area contributed by atoms with Gasteiger partial charge in [0.2, 0.25) is 0 Å². The first-order chi connectivity index (χ1) is 19.6. The van der Waals surface area contributed by atoms with Crippen LogP contribution in [0.25, 0.3) is 0 Å². The van der Waals surface area contributed by atoms with Gasteiger partial charge in [-0.1, -0.05) is 24.3 Å². The van der Waals surface area contributed by atoms with Crippen LogP contribution >= 0.6 is 0 Å². The van der Waals surface area contributed by atoms with Crippen LogP contribution in [0.4, 0.5) is 22.0 Å². The van der Waals surface area contributed by atoms with E-state index in [4.69, 9.17) is 9.47 Å². The number of halogens is 5. The van der Waals surface area contributed by atoms with Gasteiger partial charge in [0.1, 0.15) is 18.2 Å². The lowest BCUT2D eigenvalue weighted by Crippen LogP contribution is -2.33. The molecule has 1 saturated heterocycles. The number of fused-ring (bicyclic) bond motifs is 1. The van der Waals surface area contributed by atoms with Gasteiger partial charge >= 0.3 is 12.1 Å². The maximum absolute atomic E-state index is 13.9. The monoisotopic (exact) mass is 576 g/mol. The molecule has 1 unspecified atom stereocenters. The molecule has 218 valence electrons. The molecule has 2 N–H and O–H groups in total. The lowest BCUT2D eigenvalue weighted by molar-refractivity contribution is -0.145. The van der Waals surface area contributed by atoms with E-state index in [1.807, 2.05) is 0 Å². The molecule has 1 heterocycles. The van der Waals surface area contributed by atoms with Crippen LogP contribution in [0.15, 0.2) is 66.7 Å². The number of piperidine rings is 1. The fraction of sp³-hybridized carbons (Fsp3) is 0.367. The summed E-state index contributed by atoms with van der Waals surface area (Å²) in [6.07, 6.45) is -5.77. The number of rotatable bonds is 12. The number of nitrogens with zero attached hydrogens (tertiary/aromatic N) is 1. The summed E-state index contributed by atoms with van der Waals surface area (Å²) in [5, 5.41) is 13.0. The first kappa shape index (κ1) is 28.8. The van der Waals surface area contributed by atoms with Crippen LogP contribution in [0.2, 0.25) is 0 Å². The van der Waals surface area contributed by atoms with Gasteiger partial charge < -0.3 is 19.9 Å². The highest BCUT2D eigenvalue weighted by Crippen LogP contribution is 2.45. The molecular formula is C30H29F5N2O4. The average molecular weight is 577 g/mol. The van der Waals surface area contributed by atoms with Gasteiger partial charge in [0, 0.05) is 44.7 Å². The summed E-state index contributed by atoms with van der Waals surface area (Å²) in [4.78, 5) is 13.9. The smallest absolute Gasteiger partial charge is 0.416 e. The highest BCUT2D eigenvalue weighted by atomic mass is 19.4. The number of alkyl halides is 3. The fourth-order valence-corrected chi connectivity index (χ4v) is 5.33. The Bertz CT molecular complexity index is 1340. The molecule has 0 spiro atoms. The van der Waals surface area contributed by atoms with Gasteiger partial charge in [0.25, 0.3) is 0 Å². The van der Waals surface area contributed by atoms with Gasteiger partial charge in [-0.3, -0.25) is 4.90 Å². The van der Waals surface area contributed by atoms with Gasteiger partial charge in [0.15, 0.2) is 17.7 Å². The Morgan fingerprint density at radius 2 is 1.63 bits per heavy atom. The topological polar surface area (TPSA) is 71.0 Å². The number of carboxylic acids is 1. The molecule has 1 aliphatic heterocycles. The summed E-state index contributed by atoms with van der Waals surface area (Å²) < 4.78 is 76.5. The van der Waals surface area contributed by atoms with Crippen molar-refractivity contribution in [1.29, 1.82) is 0 Å². The van der Waals surface area contributed by atoms with Crippen LogP contribution in [-0.2, 0) is 23.9 Å². The summed E-state index contributed by atoms with van der Waals surface area (Å²) in [5.41, 5.74) is 0.867. The van der Waals surface area contributed by atoms with Gasteiger partial charge in [0.05, 0.1) is 5.56 Å². The minimum absolute atomic E-state index is 0.0482. The summed E-state index contributed by atoms with van der Waals surface area (Å²) in [6, 6.07) is 15.2. The quantitative estimate of drug-likeness (QED) is 0.230. The molecule has 2 aliphatic rings. The Morgan fingerprint density at radius 3 is 2.27 bits per heavy atom. The third kappa shape index (κ3) is 7.34. The number of ether oxygens (including phenoxy) is 2. The number of hydrogen-bond acceptors (Lipinski definition) is 5. The summed E-state index contributed by atoms with van der Waals surface area (Å²) in [6.45, 7) is 3.52. The normalized spacial score (nSPS) is 20.9. The number of aliphatic carboxylic acids is 1. The molecule has 1 saturated carbocycles. The van der Waals surface area contributed by atoms with Crippen LogP contribution in [0, 0.1) is 23.5 Å². The zero-order valence-electron chi connectivity index (χ0n) is 21.9. The minimum atomic E-state index is -4.32. The molecule has 3 aromatic carbocycles. The Morgan fingerprint density at radius 1 is 0.976 bits per heavy atom. The second kappa shape index (κ2) is 12.0. The second-order valence-electron chi connectivity index (χ2n) is 10.4. The molecule has 41 heavy (non-hydrogen) atoms. The molecule has 0 amide bonds. The number of carboxylic acid groups (broad SMARTS) is 1. The van der Waals surface area contributed by atoms with Crippen LogP contribution in [0.5, 0.6) is 11.5 Å². The predicted octanol–water partition coefficient (Wildman–Crippen LogP) is 5.16. The van der Waals surface area contributed by atoms with Crippen molar-refractivity contribution in [2.24, 2.45) is 11.8 Å². The molecule has 6 nitrogen and oxygen atoms in total. The van der Waals surface area contributed by atoms with Crippen molar-refractivity contribution in [3.05, 3.63) is 95.1 Å². The maximum Gasteiger partial charge on any atom is 0.416 e. The van der Waals surface area contributed by atoms with Crippen molar-refractivity contribution in [3.8, 4) is 11.5 Å². The molecule has 5 rings (SSSR count). The van der Waals surface area contributed by atoms with E-state index in [1.54, 1.807) is 36.4 Å². The number of likely N-dealkylation sites (tertiary alicyclic amines) is 1. The van der Waals surface area contributed by atoms with Gasteiger partial charge in [-0.05, 0) is 59.4 Å². The molecule has 1 aliphatic carbocycles. The van der Waals surface area contributed by atoms with Gasteiger partial charge in [-0.25, -0.2) is 13.6 Å². The van der Waals surface area contributed by atoms with Crippen LogP contribution in [-0.4, -0.2) is 54.4 Å². The minimum Gasteiger partial charge on any atom is -0.492 e. The third-order valence-corrected chi connectivity index (χ3v) is 7.49. The van der Waals surface area contributed by atoms with Crippen molar-refractivity contribution in [1.82, 2.24) is 10.2 Å². The molecule has 4 atom stereocenters. The van der Waals surface area contributed by atoms with E-state index in [-0.39, 0.29) is 6.42 Å². The Labute approximate surface area is 233 Å². The van der Waals surface area contributed by atoms with E-state index in [1.165, 1.54) is 0 Å². The van der Waals surface area contributed by atoms with E-state index in [9.17, 15) is 31.9 Å². The highest BCUT2D eigenvalue weighted by molar-refractivity contribution is 5.73. The first-order valence-corrected chi connectivity index (χ1v) is 13.2. The van der Waals surface area contributed by atoms with Crippen LogP contribution in [0.1, 0.15) is 16.7 Å². The van der Waals surface area contributed by atoms with E-state index in [2.05, 4.69) is 10.2 Å². The molecule has 0 bridgehead atoms. The number of carbonyl (C=O) groups is 1. The fourth-order valence-electron chi connectivity index (χ4n) is 5.33. The number of hydrogen-bond donors (Lipinski definition) is 2. The zero-order chi connectivity index (χ0) is 29.1. The predicted molar refractivity (Wildman–Crippen MR) is 140 cm³/mol. The number of nitrogens with one attached hydrogen (secondary N) is 1. The van der Waals surface area contributed by atoms with E-state index < -0.39 is 41.2 Å². The molecular weight excluding hydrogens is 547 g/mol. The summed E-state index contributed by atoms with van der Waals surface area (Å²) in [5.74, 6) is -1.68. The van der Waals surface area contributed by atoms with Crippen molar-refractivity contribution >= 4 is 5.97 Å². The Hall–Kier alpha value is -3.70. The molecule has 2 fully saturated rings. The highest BCUT2D eigenvalue weighted by Gasteiger charge is 2.55. The van der Waals surface area contributed by atoms with Crippen molar-refractivity contribution in [3.63, 3.8) is 0 Å². The molecule has 11 heteroatoms. The first-order valence-electron chi connectivity index (χ1n) is 13.2. The van der Waals surface area contributed by atoms with Gasteiger partial charge in [-0.2, -0.15) is 13.2 Å². The van der Waals surface area contributed by atoms with Gasteiger partial charge in [-0.15, -0.1) is 0 Å². The van der Waals surface area contributed by atoms with Crippen molar-refractivity contribution in [2.75, 3.05) is 26.2 Å². The van der Waals surface area contributed by atoms with Crippen molar-refractivity contribution in [2.45, 2.75) is 31.3 Å². The number of benzene rings is 3. The molecule has 0 radical (unpaired) electrons. The van der Waals surface area contributed by atoms with E-state index >= 15 is 0 Å². The zero-order valence-corrected chi connectivity index (χ0v) is 21.9. The van der Waals surface area contributed by atoms with E-state index in [0.29, 0.717) is 48.9 Å². The third-order valence-electron chi connectivity index (χ3n) is 7.49. The average Bonchev–Trinajstić information content (AvgIpc) is 3.38. The second-order valence-corrected chi connectivity index (χ2v) is 10.4. The standard InChI is InChI=1S/C30H29F5N2O4/c31-21-7-10-25(32)26(14-21)41-27(29(38)39)13-18-3-8-22(9-4-18)40-12-11-36-28-23-16-37(17-24(23)28)15-19-1-5-20(6-2-19)30(33,34)35/h1-10,14,23-24,27-28,36H,11-13,15-17H2,(H,38,39)/t23-,24+,27-,28?/m0/s1. The molecule has 0 aromatic heterocycles. The Kier molecular flexibility index (Phi) is 8.46. The Balaban J connectivity index is 1.00. The summed E-state index contributed by atoms with van der Waals surface area (Å²) in [7, 11) is 0.